The van der Waals surface area contributed by atoms with E-state index in [4.69, 9.17) is 16.8 Å². The third-order valence-corrected chi connectivity index (χ3v) is 3.12. The summed E-state index contributed by atoms with van der Waals surface area (Å²) in [6.07, 6.45) is -5.05. The molecule has 0 fully saturated rings. The van der Waals surface area contributed by atoms with Gasteiger partial charge in [-0.3, -0.25) is 19.7 Å². The van der Waals surface area contributed by atoms with Crippen LogP contribution in [-0.2, 0) is 11.0 Å². The van der Waals surface area contributed by atoms with Gasteiger partial charge in [0.25, 0.3) is 5.91 Å². The number of Topliss-reactive ketones (excluding diaryl/α,β-unsaturated/α-hetero) is 1. The fourth-order valence-electron chi connectivity index (χ4n) is 1.84. The van der Waals surface area contributed by atoms with Crippen molar-refractivity contribution in [2.45, 2.75) is 6.18 Å². The van der Waals surface area contributed by atoms with Crippen molar-refractivity contribution < 1.29 is 32.9 Å². The van der Waals surface area contributed by atoms with Crippen molar-refractivity contribution in [1.82, 2.24) is 0 Å². The number of fused-ring (bicyclic) bond motifs is 1. The standard InChI is InChI=1S/C10H3ClF3N3O5/c11-5-2(10(12,13)14)1-3-4(7(5)17(21)22)8(18)6(16-20)9(19)15-3/h1,20H,(H,15,19). The van der Waals surface area contributed by atoms with Crippen molar-refractivity contribution in [2.75, 3.05) is 5.32 Å². The van der Waals surface area contributed by atoms with Crippen LogP contribution in [0, 0.1) is 10.1 Å². The van der Waals surface area contributed by atoms with Crippen molar-refractivity contribution in [3.63, 3.8) is 0 Å². The monoisotopic (exact) mass is 337 g/mol. The number of hydrogen-bond acceptors (Lipinski definition) is 6. The zero-order valence-corrected chi connectivity index (χ0v) is 10.8. The summed E-state index contributed by atoms with van der Waals surface area (Å²) in [7, 11) is 0. The number of benzene rings is 1. The Morgan fingerprint density at radius 2 is 1.95 bits per heavy atom. The van der Waals surface area contributed by atoms with E-state index in [1.807, 2.05) is 5.32 Å². The van der Waals surface area contributed by atoms with Gasteiger partial charge < -0.3 is 10.5 Å². The van der Waals surface area contributed by atoms with Crippen molar-refractivity contribution in [2.24, 2.45) is 5.16 Å². The summed E-state index contributed by atoms with van der Waals surface area (Å²) in [5.74, 6) is -2.71. The molecular formula is C10H3ClF3N3O5. The number of ketones is 1. The molecule has 0 radical (unpaired) electrons. The normalized spacial score (nSPS) is 16.5. The fourth-order valence-corrected chi connectivity index (χ4v) is 2.17. The number of nitro groups is 1. The van der Waals surface area contributed by atoms with Crippen molar-refractivity contribution in [3.05, 3.63) is 32.3 Å². The van der Waals surface area contributed by atoms with Crippen LogP contribution in [0.5, 0.6) is 0 Å². The molecule has 0 spiro atoms. The van der Waals surface area contributed by atoms with Gasteiger partial charge in [0.05, 0.1) is 16.2 Å². The lowest BCUT2D eigenvalue weighted by atomic mass is 9.95. The van der Waals surface area contributed by atoms with Gasteiger partial charge in [-0.05, 0) is 6.07 Å². The number of hydrogen-bond donors (Lipinski definition) is 2. The molecule has 0 unspecified atom stereocenters. The SMILES string of the molecule is O=C1Nc2cc(C(F)(F)F)c(Cl)c([N+](=O)[O-])c2C(=O)C1=NO. The van der Waals surface area contributed by atoms with Gasteiger partial charge in [0.15, 0.2) is 0 Å². The predicted molar refractivity (Wildman–Crippen MR) is 65.3 cm³/mol. The highest BCUT2D eigenvalue weighted by Crippen LogP contribution is 2.45. The summed E-state index contributed by atoms with van der Waals surface area (Å²) in [5.41, 5.74) is -5.66. The van der Waals surface area contributed by atoms with E-state index in [0.29, 0.717) is 6.07 Å². The fraction of sp³-hybridized carbons (Fsp3) is 0.100. The highest BCUT2D eigenvalue weighted by atomic mass is 35.5. The minimum Gasteiger partial charge on any atom is -0.410 e. The van der Waals surface area contributed by atoms with Crippen LogP contribution >= 0.6 is 11.6 Å². The number of halogens is 4. The van der Waals surface area contributed by atoms with Crippen molar-refractivity contribution >= 4 is 40.4 Å². The van der Waals surface area contributed by atoms with E-state index in [1.54, 1.807) is 0 Å². The molecule has 1 aromatic rings. The van der Waals surface area contributed by atoms with E-state index in [1.165, 1.54) is 0 Å². The number of oxime groups is 1. The van der Waals surface area contributed by atoms with E-state index in [-0.39, 0.29) is 0 Å². The van der Waals surface area contributed by atoms with Gasteiger partial charge >= 0.3 is 11.9 Å². The zero-order valence-electron chi connectivity index (χ0n) is 10.1. The topological polar surface area (TPSA) is 122 Å². The minimum absolute atomic E-state index is 0.300. The van der Waals surface area contributed by atoms with Crippen LogP contribution in [0.4, 0.5) is 24.5 Å². The summed E-state index contributed by atoms with van der Waals surface area (Å²) >= 11 is 5.39. The molecule has 1 aliphatic rings. The van der Waals surface area contributed by atoms with E-state index < -0.39 is 56.0 Å². The van der Waals surface area contributed by atoms with Gasteiger partial charge in [0.2, 0.25) is 11.5 Å². The van der Waals surface area contributed by atoms with Gasteiger partial charge in [0.1, 0.15) is 10.6 Å². The molecule has 116 valence electrons. The summed E-state index contributed by atoms with van der Waals surface area (Å²) in [4.78, 5) is 33.0. The summed E-state index contributed by atoms with van der Waals surface area (Å²) in [6, 6.07) is 0.300. The number of nitrogens with one attached hydrogen (secondary N) is 1. The Balaban J connectivity index is 2.89. The quantitative estimate of drug-likeness (QED) is 0.462. The number of nitro benzene ring substituents is 1. The minimum atomic E-state index is -5.05. The molecule has 22 heavy (non-hydrogen) atoms. The molecule has 8 nitrogen and oxygen atoms in total. The molecule has 1 heterocycles. The van der Waals surface area contributed by atoms with Crippen LogP contribution in [0.1, 0.15) is 15.9 Å². The van der Waals surface area contributed by atoms with E-state index in [9.17, 15) is 32.9 Å². The van der Waals surface area contributed by atoms with Crippen LogP contribution in [-0.4, -0.2) is 27.5 Å². The van der Waals surface area contributed by atoms with Crippen LogP contribution < -0.4 is 5.32 Å². The van der Waals surface area contributed by atoms with Gasteiger partial charge in [0, 0.05) is 0 Å². The molecule has 0 saturated carbocycles. The van der Waals surface area contributed by atoms with E-state index in [2.05, 4.69) is 5.16 Å². The van der Waals surface area contributed by atoms with Crippen molar-refractivity contribution in [3.8, 4) is 0 Å². The van der Waals surface area contributed by atoms with Gasteiger partial charge in [-0.1, -0.05) is 16.8 Å². The predicted octanol–water partition coefficient (Wildman–Crippen LogP) is 2.23. The lowest BCUT2D eigenvalue weighted by Crippen LogP contribution is -2.36. The first-order chi connectivity index (χ1) is 10.1. The largest absolute Gasteiger partial charge is 0.418 e. The Kier molecular flexibility index (Phi) is 3.53. The lowest BCUT2D eigenvalue weighted by molar-refractivity contribution is -0.385. The van der Waals surface area contributed by atoms with Gasteiger partial charge in [-0.2, -0.15) is 13.2 Å². The Morgan fingerprint density at radius 3 is 2.41 bits per heavy atom. The van der Waals surface area contributed by atoms with Crippen LogP contribution in [0.2, 0.25) is 5.02 Å². The molecular weight excluding hydrogens is 335 g/mol. The summed E-state index contributed by atoms with van der Waals surface area (Å²) in [5, 5.41) is 22.4. The summed E-state index contributed by atoms with van der Waals surface area (Å²) < 4.78 is 38.5. The molecule has 0 aromatic heterocycles. The third-order valence-electron chi connectivity index (χ3n) is 2.73. The summed E-state index contributed by atoms with van der Waals surface area (Å²) in [6.45, 7) is 0. The number of alkyl halides is 3. The molecule has 0 saturated heterocycles. The number of carbonyl (C=O) groups is 2. The second kappa shape index (κ2) is 4.94. The first kappa shape index (κ1) is 15.7. The van der Waals surface area contributed by atoms with Crippen LogP contribution in [0.25, 0.3) is 0 Å². The number of amides is 1. The first-order valence-corrected chi connectivity index (χ1v) is 5.63. The average Bonchev–Trinajstić information content (AvgIpc) is 2.37. The van der Waals surface area contributed by atoms with E-state index in [0.717, 1.165) is 0 Å². The zero-order chi connectivity index (χ0) is 16.8. The maximum Gasteiger partial charge on any atom is 0.418 e. The molecule has 0 bridgehead atoms. The van der Waals surface area contributed by atoms with Crippen molar-refractivity contribution in [1.29, 1.82) is 0 Å². The molecule has 12 heteroatoms. The maximum absolute atomic E-state index is 12.8. The Hall–Kier alpha value is -2.69. The number of carbonyl (C=O) groups excluding carboxylic acids is 2. The molecule has 0 atom stereocenters. The second-order valence-corrected chi connectivity index (χ2v) is 4.37. The lowest BCUT2D eigenvalue weighted by Gasteiger charge is -2.19. The molecule has 1 aliphatic heterocycles. The van der Waals surface area contributed by atoms with Gasteiger partial charge in [-0.15, -0.1) is 0 Å². The maximum atomic E-state index is 12.8. The molecule has 0 aliphatic carbocycles. The van der Waals surface area contributed by atoms with Crippen LogP contribution in [0.15, 0.2) is 11.2 Å². The highest BCUT2D eigenvalue weighted by Gasteiger charge is 2.44. The first-order valence-electron chi connectivity index (χ1n) is 5.25. The van der Waals surface area contributed by atoms with E-state index >= 15 is 0 Å². The molecule has 2 N–H and O–H groups in total. The number of anilines is 1. The van der Waals surface area contributed by atoms with Crippen LogP contribution in [0.3, 0.4) is 0 Å². The Morgan fingerprint density at radius 1 is 1.36 bits per heavy atom. The Bertz CT molecular complexity index is 759. The Labute approximate surface area is 123 Å². The smallest absolute Gasteiger partial charge is 0.410 e. The molecule has 1 amide bonds. The average molecular weight is 338 g/mol. The number of nitrogens with zero attached hydrogens (tertiary/aromatic N) is 2. The third kappa shape index (κ3) is 2.24. The number of rotatable bonds is 1. The van der Waals surface area contributed by atoms with Gasteiger partial charge in [-0.25, -0.2) is 0 Å². The molecule has 2 rings (SSSR count). The molecule has 1 aromatic carbocycles. The highest BCUT2D eigenvalue weighted by molar-refractivity contribution is 6.73. The second-order valence-electron chi connectivity index (χ2n) is 4.00.